The van der Waals surface area contributed by atoms with E-state index in [1.807, 2.05) is 13.8 Å². The van der Waals surface area contributed by atoms with Gasteiger partial charge >= 0.3 is 15.1 Å². The Hall–Kier alpha value is -1.85. The van der Waals surface area contributed by atoms with E-state index in [-0.39, 0.29) is 17.5 Å². The van der Waals surface area contributed by atoms with E-state index in [2.05, 4.69) is 5.08 Å². The first-order valence-electron chi connectivity index (χ1n) is 6.26. The van der Waals surface area contributed by atoms with Crippen LogP contribution in [0.4, 0.5) is 0 Å². The third-order valence-electron chi connectivity index (χ3n) is 2.42. The van der Waals surface area contributed by atoms with Crippen molar-refractivity contribution in [3.8, 4) is 5.75 Å². The van der Waals surface area contributed by atoms with E-state index in [0.29, 0.717) is 23.1 Å². The van der Waals surface area contributed by atoms with Crippen LogP contribution in [0.25, 0.3) is 5.08 Å². The molecule has 0 radical (unpaired) electrons. The fourth-order valence-corrected chi connectivity index (χ4v) is 2.71. The highest BCUT2D eigenvalue weighted by atomic mass is 32.2. The first-order valence-corrected chi connectivity index (χ1v) is 7.70. The zero-order valence-corrected chi connectivity index (χ0v) is 12.4. The van der Waals surface area contributed by atoms with Gasteiger partial charge in [0.05, 0.1) is 15.4 Å². The minimum absolute atomic E-state index is 0.00551. The van der Waals surface area contributed by atoms with Crippen LogP contribution in [0.1, 0.15) is 20.3 Å². The molecule has 0 fully saturated rings. The molecule has 110 valence electrons. The largest absolute Gasteiger partial charge is 0.491 e. The normalized spacial score (nSPS) is 11.2. The summed E-state index contributed by atoms with van der Waals surface area (Å²) < 4.78 is 30.4. The molecule has 0 heterocycles. The second-order valence-corrected chi connectivity index (χ2v) is 6.26. The number of rotatable bonds is 7. The summed E-state index contributed by atoms with van der Waals surface area (Å²) in [5.74, 6) is 0.577. The third kappa shape index (κ3) is 4.08. The number of diazo groups is 1. The van der Waals surface area contributed by atoms with Gasteiger partial charge in [-0.1, -0.05) is 0 Å². The van der Waals surface area contributed by atoms with Crippen LogP contribution in [0.3, 0.4) is 0 Å². The molecule has 2 N–H and O–H groups in total. The first-order chi connectivity index (χ1) is 9.41. The van der Waals surface area contributed by atoms with Crippen molar-refractivity contribution in [1.82, 2.24) is 4.41 Å². The molecule has 0 saturated carbocycles. The predicted molar refractivity (Wildman–Crippen MR) is 74.9 cm³/mol. The maximum atomic E-state index is 12.2. The monoisotopic (exact) mass is 299 g/mol. The maximum absolute atomic E-state index is 12.2. The van der Waals surface area contributed by atoms with Crippen molar-refractivity contribution in [2.75, 3.05) is 13.1 Å². The molecule has 0 amide bonds. The molecule has 0 aromatic heterocycles. The molecule has 0 atom stereocenters. The van der Waals surface area contributed by atoms with Gasteiger partial charge in [0, 0.05) is 0 Å². The fraction of sp³-hybridized carbons (Fsp3) is 0.500. The molecular formula is C12H19N4O3S+. The summed E-state index contributed by atoms with van der Waals surface area (Å²) >= 11 is 0. The minimum Gasteiger partial charge on any atom is -0.491 e. The Labute approximate surface area is 119 Å². The van der Waals surface area contributed by atoms with Gasteiger partial charge in [0.25, 0.3) is 5.39 Å². The molecule has 7 nitrogen and oxygen atoms in total. The topological polar surface area (TPSA) is 101 Å². The van der Waals surface area contributed by atoms with Gasteiger partial charge in [0.1, 0.15) is 12.3 Å². The van der Waals surface area contributed by atoms with Crippen LogP contribution in [0, 0.1) is 5.39 Å². The second kappa shape index (κ2) is 7.07. The Morgan fingerprint density at radius 1 is 1.35 bits per heavy atom. The average molecular weight is 299 g/mol. The number of hydrogen-bond acceptors (Lipinski definition) is 5. The molecule has 0 bridgehead atoms. The molecule has 0 spiro atoms. The summed E-state index contributed by atoms with van der Waals surface area (Å²) in [5.41, 5.74) is 5.32. The van der Waals surface area contributed by atoms with E-state index in [1.165, 1.54) is 12.1 Å². The van der Waals surface area contributed by atoms with Crippen LogP contribution in [0.15, 0.2) is 29.2 Å². The molecule has 0 aliphatic carbocycles. The average Bonchev–Trinajstić information content (AvgIpc) is 2.39. The quantitative estimate of drug-likeness (QED) is 0.608. The number of nitrogens with two attached hydrogens (primary N) is 1. The Bertz CT molecular complexity index is 563. The van der Waals surface area contributed by atoms with E-state index < -0.39 is 10.0 Å². The van der Waals surface area contributed by atoms with Crippen molar-refractivity contribution in [2.24, 2.45) is 5.73 Å². The molecular weight excluding hydrogens is 280 g/mol. The summed E-state index contributed by atoms with van der Waals surface area (Å²) in [6.45, 7) is 4.09. The van der Waals surface area contributed by atoms with E-state index in [0.717, 1.165) is 0 Å². The summed E-state index contributed by atoms with van der Waals surface area (Å²) in [5, 5.41) is 11.6. The van der Waals surface area contributed by atoms with Gasteiger partial charge in [-0.25, -0.2) is 0 Å². The molecule has 0 saturated heterocycles. The lowest BCUT2D eigenvalue weighted by Crippen LogP contribution is -2.26. The highest BCUT2D eigenvalue weighted by molar-refractivity contribution is 7.89. The van der Waals surface area contributed by atoms with Crippen molar-refractivity contribution in [2.45, 2.75) is 31.3 Å². The van der Waals surface area contributed by atoms with E-state index >= 15 is 0 Å². The number of benzene rings is 1. The zero-order valence-electron chi connectivity index (χ0n) is 11.6. The van der Waals surface area contributed by atoms with Crippen LogP contribution >= 0.6 is 0 Å². The first kappa shape index (κ1) is 16.2. The molecule has 0 unspecified atom stereocenters. The van der Waals surface area contributed by atoms with Gasteiger partial charge in [-0.3, -0.25) is 0 Å². The SMILES string of the molecule is CC(C)Oc1ccc(S(=O)(=O)N(CCCN)[N+]#N)cc1. The lowest BCUT2D eigenvalue weighted by atomic mass is 10.3. The van der Waals surface area contributed by atoms with Gasteiger partial charge in [-0.15, -0.1) is 0 Å². The van der Waals surface area contributed by atoms with Crippen LogP contribution in [-0.4, -0.2) is 32.0 Å². The second-order valence-electron chi connectivity index (χ2n) is 4.42. The smallest absolute Gasteiger partial charge is 0.326 e. The van der Waals surface area contributed by atoms with Crippen molar-refractivity contribution in [1.29, 1.82) is 5.39 Å². The van der Waals surface area contributed by atoms with Gasteiger partial charge < -0.3 is 10.5 Å². The van der Waals surface area contributed by atoms with E-state index in [9.17, 15) is 8.42 Å². The van der Waals surface area contributed by atoms with Crippen LogP contribution in [0.2, 0.25) is 0 Å². The van der Waals surface area contributed by atoms with Gasteiger partial charge in [0.2, 0.25) is 0 Å². The van der Waals surface area contributed by atoms with Crippen LogP contribution < -0.4 is 10.5 Å². The zero-order chi connectivity index (χ0) is 15.2. The Balaban J connectivity index is 2.94. The maximum Gasteiger partial charge on any atom is 0.326 e. The molecule has 1 aromatic carbocycles. The summed E-state index contributed by atoms with van der Waals surface area (Å²) in [4.78, 5) is 0.0310. The van der Waals surface area contributed by atoms with Crippen molar-refractivity contribution in [3.05, 3.63) is 29.4 Å². The molecule has 20 heavy (non-hydrogen) atoms. The minimum atomic E-state index is -3.86. The summed E-state index contributed by atoms with van der Waals surface area (Å²) in [6.07, 6.45) is 0.406. The predicted octanol–water partition coefficient (Wildman–Crippen LogP) is 1.58. The number of nitrogens with zero attached hydrogens (tertiary/aromatic N) is 3. The summed E-state index contributed by atoms with van der Waals surface area (Å²) in [6, 6.07) is 5.94. The third-order valence-corrected chi connectivity index (χ3v) is 4.10. The fourth-order valence-electron chi connectivity index (χ4n) is 1.52. The summed E-state index contributed by atoms with van der Waals surface area (Å²) in [7, 11) is -3.86. The Kier molecular flexibility index (Phi) is 5.73. The van der Waals surface area contributed by atoms with Gasteiger partial charge in [0.15, 0.2) is 0 Å². The van der Waals surface area contributed by atoms with Gasteiger partial charge in [-0.05, 0) is 51.1 Å². The molecule has 1 rings (SSSR count). The molecule has 0 aliphatic heterocycles. The molecule has 1 aromatic rings. The van der Waals surface area contributed by atoms with Crippen LogP contribution in [-0.2, 0) is 10.0 Å². The number of sulfonamides is 1. The lowest BCUT2D eigenvalue weighted by molar-refractivity contribution is 0.242. The van der Waals surface area contributed by atoms with E-state index in [4.69, 9.17) is 15.9 Å². The van der Waals surface area contributed by atoms with Crippen molar-refractivity contribution in [3.63, 3.8) is 0 Å². The Morgan fingerprint density at radius 3 is 2.40 bits per heavy atom. The molecule has 8 heteroatoms. The van der Waals surface area contributed by atoms with Crippen molar-refractivity contribution < 1.29 is 13.2 Å². The highest BCUT2D eigenvalue weighted by Gasteiger charge is 2.32. The Morgan fingerprint density at radius 2 is 1.95 bits per heavy atom. The number of hydrogen-bond donors (Lipinski definition) is 1. The lowest BCUT2D eigenvalue weighted by Gasteiger charge is -2.10. The molecule has 0 aliphatic rings. The van der Waals surface area contributed by atoms with Gasteiger partial charge in [-0.2, -0.15) is 8.42 Å². The highest BCUT2D eigenvalue weighted by Crippen LogP contribution is 2.20. The number of ether oxygens (including phenoxy) is 1. The van der Waals surface area contributed by atoms with E-state index in [1.54, 1.807) is 12.1 Å². The standard InChI is InChI=1S/C12H19N4O3S/c1-10(2)19-11-4-6-12(7-5-11)20(17,18)16(15-14)9-3-8-13/h4-7,10H,3,8-9,13H2,1-2H3/q+1. The van der Waals surface area contributed by atoms with Crippen molar-refractivity contribution >= 4 is 10.0 Å². The van der Waals surface area contributed by atoms with Crippen LogP contribution in [0.5, 0.6) is 5.75 Å².